The molecule has 98 valence electrons. The van der Waals surface area contributed by atoms with E-state index in [2.05, 4.69) is 11.9 Å². The predicted octanol–water partition coefficient (Wildman–Crippen LogP) is 2.75. The van der Waals surface area contributed by atoms with E-state index < -0.39 is 5.97 Å². The second-order valence-electron chi connectivity index (χ2n) is 5.93. The molecule has 0 unspecified atom stereocenters. The van der Waals surface area contributed by atoms with Crippen molar-refractivity contribution in [1.82, 2.24) is 4.90 Å². The SMILES string of the molecule is CN(CC1CCCC1)C1CCC(C(=O)O)CC1. The maximum absolute atomic E-state index is 10.9. The minimum Gasteiger partial charge on any atom is -0.481 e. The molecule has 1 N–H and O–H groups in total. The Hall–Kier alpha value is -0.570. The molecular formula is C14H25NO2. The third kappa shape index (κ3) is 3.44. The smallest absolute Gasteiger partial charge is 0.306 e. The Morgan fingerprint density at radius 1 is 1.12 bits per heavy atom. The summed E-state index contributed by atoms with van der Waals surface area (Å²) in [4.78, 5) is 13.4. The molecule has 2 fully saturated rings. The maximum atomic E-state index is 10.9. The summed E-state index contributed by atoms with van der Waals surface area (Å²) in [6.07, 6.45) is 9.49. The molecule has 2 saturated carbocycles. The van der Waals surface area contributed by atoms with Gasteiger partial charge in [0.15, 0.2) is 0 Å². The zero-order valence-corrected chi connectivity index (χ0v) is 10.9. The van der Waals surface area contributed by atoms with Crippen LogP contribution < -0.4 is 0 Å². The highest BCUT2D eigenvalue weighted by molar-refractivity contribution is 5.70. The lowest BCUT2D eigenvalue weighted by Crippen LogP contribution is -2.38. The van der Waals surface area contributed by atoms with Gasteiger partial charge in [-0.25, -0.2) is 0 Å². The van der Waals surface area contributed by atoms with E-state index in [-0.39, 0.29) is 5.92 Å². The fourth-order valence-electron chi connectivity index (χ4n) is 3.51. The molecule has 0 amide bonds. The summed E-state index contributed by atoms with van der Waals surface area (Å²) in [5.41, 5.74) is 0. The molecule has 0 aliphatic heterocycles. The average molecular weight is 239 g/mol. The summed E-state index contributed by atoms with van der Waals surface area (Å²) in [7, 11) is 2.23. The van der Waals surface area contributed by atoms with Crippen molar-refractivity contribution in [3.8, 4) is 0 Å². The van der Waals surface area contributed by atoms with Crippen LogP contribution in [0.5, 0.6) is 0 Å². The van der Waals surface area contributed by atoms with Crippen LogP contribution in [0.3, 0.4) is 0 Å². The number of rotatable bonds is 4. The Balaban J connectivity index is 1.73. The van der Waals surface area contributed by atoms with Gasteiger partial charge in [-0.15, -0.1) is 0 Å². The second kappa shape index (κ2) is 5.85. The lowest BCUT2D eigenvalue weighted by Gasteiger charge is -2.34. The third-order valence-corrected chi connectivity index (χ3v) is 4.69. The van der Waals surface area contributed by atoms with Crippen LogP contribution in [-0.2, 0) is 4.79 Å². The molecule has 0 bridgehead atoms. The topological polar surface area (TPSA) is 40.5 Å². The zero-order chi connectivity index (χ0) is 12.3. The normalized spacial score (nSPS) is 30.9. The van der Waals surface area contributed by atoms with Crippen LogP contribution >= 0.6 is 0 Å². The minimum atomic E-state index is -0.595. The summed E-state index contributed by atoms with van der Waals surface area (Å²) >= 11 is 0. The van der Waals surface area contributed by atoms with Crippen LogP contribution in [0.15, 0.2) is 0 Å². The Bertz CT molecular complexity index is 253. The first-order valence-corrected chi connectivity index (χ1v) is 7.10. The van der Waals surface area contributed by atoms with Gasteiger partial charge in [-0.2, -0.15) is 0 Å². The van der Waals surface area contributed by atoms with Crippen molar-refractivity contribution in [3.63, 3.8) is 0 Å². The van der Waals surface area contributed by atoms with Gasteiger partial charge in [-0.1, -0.05) is 12.8 Å². The van der Waals surface area contributed by atoms with E-state index in [1.54, 1.807) is 0 Å². The largest absolute Gasteiger partial charge is 0.481 e. The first-order valence-electron chi connectivity index (χ1n) is 7.10. The average Bonchev–Trinajstić information content (AvgIpc) is 2.82. The van der Waals surface area contributed by atoms with E-state index in [4.69, 9.17) is 5.11 Å². The molecule has 0 spiro atoms. The van der Waals surface area contributed by atoms with E-state index in [0.717, 1.165) is 31.6 Å². The van der Waals surface area contributed by atoms with Crippen LogP contribution in [0.1, 0.15) is 51.4 Å². The second-order valence-corrected chi connectivity index (χ2v) is 5.93. The van der Waals surface area contributed by atoms with Crippen molar-refractivity contribution >= 4 is 5.97 Å². The van der Waals surface area contributed by atoms with Gasteiger partial charge in [0.25, 0.3) is 0 Å². The van der Waals surface area contributed by atoms with Crippen LogP contribution in [0.2, 0.25) is 0 Å². The van der Waals surface area contributed by atoms with Gasteiger partial charge in [0.05, 0.1) is 5.92 Å². The number of carboxylic acids is 1. The molecule has 17 heavy (non-hydrogen) atoms. The van der Waals surface area contributed by atoms with Crippen molar-refractivity contribution in [2.45, 2.75) is 57.4 Å². The molecule has 0 atom stereocenters. The van der Waals surface area contributed by atoms with E-state index in [1.807, 2.05) is 0 Å². The lowest BCUT2D eigenvalue weighted by molar-refractivity contribution is -0.143. The van der Waals surface area contributed by atoms with Gasteiger partial charge in [-0.3, -0.25) is 4.79 Å². The standard InChI is InChI=1S/C14H25NO2/c1-15(10-11-4-2-3-5-11)13-8-6-12(7-9-13)14(16)17/h11-13H,2-10H2,1H3,(H,16,17). The Morgan fingerprint density at radius 2 is 1.71 bits per heavy atom. The van der Waals surface area contributed by atoms with Crippen molar-refractivity contribution in [2.24, 2.45) is 11.8 Å². The highest BCUT2D eigenvalue weighted by Gasteiger charge is 2.29. The summed E-state index contributed by atoms with van der Waals surface area (Å²) in [6, 6.07) is 0.631. The molecule has 0 aromatic rings. The van der Waals surface area contributed by atoms with Gasteiger partial charge in [0, 0.05) is 12.6 Å². The fourth-order valence-corrected chi connectivity index (χ4v) is 3.51. The molecule has 2 rings (SSSR count). The number of hydrogen-bond donors (Lipinski definition) is 1. The van der Waals surface area contributed by atoms with E-state index in [0.29, 0.717) is 6.04 Å². The van der Waals surface area contributed by atoms with Crippen LogP contribution in [0, 0.1) is 11.8 Å². The van der Waals surface area contributed by atoms with Crippen molar-refractivity contribution < 1.29 is 9.90 Å². The van der Waals surface area contributed by atoms with Gasteiger partial charge < -0.3 is 10.0 Å². The van der Waals surface area contributed by atoms with Crippen LogP contribution in [0.25, 0.3) is 0 Å². The monoisotopic (exact) mass is 239 g/mol. The molecule has 0 radical (unpaired) electrons. The first kappa shape index (κ1) is 12.9. The van der Waals surface area contributed by atoms with Crippen LogP contribution in [0.4, 0.5) is 0 Å². The van der Waals surface area contributed by atoms with E-state index >= 15 is 0 Å². The molecule has 0 saturated heterocycles. The molecule has 0 aromatic carbocycles. The van der Waals surface area contributed by atoms with Crippen molar-refractivity contribution in [2.75, 3.05) is 13.6 Å². The Kier molecular flexibility index (Phi) is 4.43. The molecule has 0 heterocycles. The highest BCUT2D eigenvalue weighted by atomic mass is 16.4. The van der Waals surface area contributed by atoms with Gasteiger partial charge in [-0.05, 0) is 51.5 Å². The van der Waals surface area contributed by atoms with E-state index in [9.17, 15) is 4.79 Å². The summed E-state index contributed by atoms with van der Waals surface area (Å²) in [5, 5.41) is 8.98. The number of nitrogens with zero attached hydrogens (tertiary/aromatic N) is 1. The van der Waals surface area contributed by atoms with Gasteiger partial charge in [0.1, 0.15) is 0 Å². The molecule has 3 heteroatoms. The molecule has 3 nitrogen and oxygen atoms in total. The van der Waals surface area contributed by atoms with Crippen molar-refractivity contribution in [1.29, 1.82) is 0 Å². The van der Waals surface area contributed by atoms with Gasteiger partial charge in [0.2, 0.25) is 0 Å². The van der Waals surface area contributed by atoms with Crippen molar-refractivity contribution in [3.05, 3.63) is 0 Å². The van der Waals surface area contributed by atoms with Crippen LogP contribution in [-0.4, -0.2) is 35.6 Å². The molecular weight excluding hydrogens is 214 g/mol. The Morgan fingerprint density at radius 3 is 2.24 bits per heavy atom. The highest BCUT2D eigenvalue weighted by Crippen LogP contribution is 2.30. The number of carboxylic acid groups (broad SMARTS) is 1. The minimum absolute atomic E-state index is 0.0777. The number of carbonyl (C=O) groups is 1. The first-order chi connectivity index (χ1) is 8.16. The fraction of sp³-hybridized carbons (Fsp3) is 0.929. The quantitative estimate of drug-likeness (QED) is 0.820. The Labute approximate surface area is 104 Å². The summed E-state index contributed by atoms with van der Waals surface area (Å²) < 4.78 is 0. The summed E-state index contributed by atoms with van der Waals surface area (Å²) in [6.45, 7) is 1.22. The maximum Gasteiger partial charge on any atom is 0.306 e. The number of aliphatic carboxylic acids is 1. The van der Waals surface area contributed by atoms with Gasteiger partial charge >= 0.3 is 5.97 Å². The lowest BCUT2D eigenvalue weighted by atomic mass is 9.85. The summed E-state index contributed by atoms with van der Waals surface area (Å²) in [5.74, 6) is 0.227. The predicted molar refractivity (Wildman–Crippen MR) is 68.0 cm³/mol. The van der Waals surface area contributed by atoms with E-state index in [1.165, 1.54) is 32.2 Å². The molecule has 2 aliphatic rings. The third-order valence-electron chi connectivity index (χ3n) is 4.69. The number of hydrogen-bond acceptors (Lipinski definition) is 2. The molecule has 0 aromatic heterocycles. The zero-order valence-electron chi connectivity index (χ0n) is 10.9. The molecule has 2 aliphatic carbocycles.